The number of halogens is 1. The van der Waals surface area contributed by atoms with E-state index in [9.17, 15) is 4.79 Å². The van der Waals surface area contributed by atoms with E-state index in [1.807, 2.05) is 49.7 Å². The van der Waals surface area contributed by atoms with Crippen LogP contribution < -0.4 is 5.32 Å². The highest BCUT2D eigenvalue weighted by Gasteiger charge is 2.11. The number of nitrogens with one attached hydrogen (secondary N) is 1. The monoisotopic (exact) mass is 356 g/mol. The van der Waals surface area contributed by atoms with Crippen molar-refractivity contribution in [3.8, 4) is 0 Å². The summed E-state index contributed by atoms with van der Waals surface area (Å²) in [5.41, 5.74) is 4.28. The minimum atomic E-state index is -0.111. The first-order valence-electron chi connectivity index (χ1n) is 8.30. The van der Waals surface area contributed by atoms with Crippen molar-refractivity contribution in [2.24, 2.45) is 0 Å². The number of nitrogens with zero attached hydrogens (tertiary/aromatic N) is 3. The fourth-order valence-electron chi connectivity index (χ4n) is 2.90. The molecule has 2 heterocycles. The maximum Gasteiger partial charge on any atom is 0.253 e. The largest absolute Gasteiger partial charge is 0.352 e. The lowest BCUT2D eigenvalue weighted by molar-refractivity contribution is 0.0951. The van der Waals surface area contributed by atoms with Gasteiger partial charge < -0.3 is 5.32 Å². The normalized spacial score (nSPS) is 11.0. The van der Waals surface area contributed by atoms with Gasteiger partial charge in [-0.25, -0.2) is 0 Å². The zero-order valence-electron chi connectivity index (χ0n) is 14.6. The molecule has 1 amide bonds. The van der Waals surface area contributed by atoms with Crippen molar-refractivity contribution in [3.63, 3.8) is 0 Å². The van der Waals surface area contributed by atoms with E-state index in [4.69, 9.17) is 11.6 Å². The van der Waals surface area contributed by atoms with Gasteiger partial charge in [0, 0.05) is 29.2 Å². The van der Waals surface area contributed by atoms with E-state index in [2.05, 4.69) is 15.4 Å². The Morgan fingerprint density at radius 2 is 2.00 bits per heavy atom. The zero-order valence-corrected chi connectivity index (χ0v) is 15.4. The molecule has 130 valence electrons. The topological polar surface area (TPSA) is 59.8 Å². The number of aromatic nitrogens is 3. The fraction of sp³-hybridized carbons (Fsp3) is 0.316. The predicted molar refractivity (Wildman–Crippen MR) is 100 cm³/mol. The smallest absolute Gasteiger partial charge is 0.253 e. The lowest BCUT2D eigenvalue weighted by atomic mass is 10.1. The molecule has 25 heavy (non-hydrogen) atoms. The Morgan fingerprint density at radius 3 is 2.72 bits per heavy atom. The summed E-state index contributed by atoms with van der Waals surface area (Å²) < 4.78 is 1.96. The summed E-state index contributed by atoms with van der Waals surface area (Å²) in [5, 5.41) is 8.89. The van der Waals surface area contributed by atoms with Crippen molar-refractivity contribution in [1.82, 2.24) is 20.1 Å². The van der Waals surface area contributed by atoms with E-state index >= 15 is 0 Å². The van der Waals surface area contributed by atoms with Gasteiger partial charge in [0.05, 0.1) is 22.5 Å². The molecule has 0 aliphatic rings. The lowest BCUT2D eigenvalue weighted by Gasteiger charge is -2.09. The van der Waals surface area contributed by atoms with E-state index in [0.717, 1.165) is 35.3 Å². The summed E-state index contributed by atoms with van der Waals surface area (Å²) in [6.07, 6.45) is 0.819. The van der Waals surface area contributed by atoms with Crippen LogP contribution in [-0.2, 0) is 6.54 Å². The van der Waals surface area contributed by atoms with Crippen LogP contribution in [0, 0.1) is 20.8 Å². The minimum absolute atomic E-state index is 0.111. The van der Waals surface area contributed by atoms with Crippen LogP contribution in [0.4, 0.5) is 0 Å². The van der Waals surface area contributed by atoms with Gasteiger partial charge in [0.1, 0.15) is 0 Å². The maximum atomic E-state index is 12.5. The van der Waals surface area contributed by atoms with Crippen LogP contribution in [0.5, 0.6) is 0 Å². The Balaban J connectivity index is 1.64. The van der Waals surface area contributed by atoms with E-state index < -0.39 is 0 Å². The summed E-state index contributed by atoms with van der Waals surface area (Å²) in [6.45, 7) is 7.23. The quantitative estimate of drug-likeness (QED) is 0.707. The van der Waals surface area contributed by atoms with Crippen LogP contribution in [0.3, 0.4) is 0 Å². The Labute approximate surface area is 152 Å². The van der Waals surface area contributed by atoms with Crippen LogP contribution in [0.15, 0.2) is 30.3 Å². The second kappa shape index (κ2) is 7.23. The molecule has 0 unspecified atom stereocenters. The van der Waals surface area contributed by atoms with Gasteiger partial charge in [-0.15, -0.1) is 0 Å². The maximum absolute atomic E-state index is 12.5. The van der Waals surface area contributed by atoms with Crippen molar-refractivity contribution < 1.29 is 4.79 Å². The number of amides is 1. The molecule has 1 aromatic carbocycles. The summed E-state index contributed by atoms with van der Waals surface area (Å²) >= 11 is 6.03. The first-order valence-corrected chi connectivity index (χ1v) is 8.68. The Kier molecular flexibility index (Phi) is 5.04. The molecular formula is C19H21ClN4O. The molecule has 3 rings (SSSR count). The summed E-state index contributed by atoms with van der Waals surface area (Å²) in [4.78, 5) is 17.0. The Bertz CT molecular complexity index is 933. The predicted octanol–water partition coefficient (Wildman–Crippen LogP) is 3.83. The van der Waals surface area contributed by atoms with Gasteiger partial charge in [0.25, 0.3) is 5.91 Å². The van der Waals surface area contributed by atoms with E-state index in [1.54, 1.807) is 6.07 Å². The molecular weight excluding hydrogens is 336 g/mol. The minimum Gasteiger partial charge on any atom is -0.352 e. The van der Waals surface area contributed by atoms with Crippen LogP contribution in [0.1, 0.15) is 33.9 Å². The van der Waals surface area contributed by atoms with E-state index in [1.165, 1.54) is 0 Å². The molecule has 2 aromatic heterocycles. The highest BCUT2D eigenvalue weighted by atomic mass is 35.5. The number of carbonyl (C=O) groups is 1. The second-order valence-corrected chi connectivity index (χ2v) is 6.65. The number of hydrogen-bond donors (Lipinski definition) is 1. The van der Waals surface area contributed by atoms with E-state index in [0.29, 0.717) is 22.8 Å². The van der Waals surface area contributed by atoms with Crippen molar-refractivity contribution in [2.45, 2.75) is 33.7 Å². The van der Waals surface area contributed by atoms with Gasteiger partial charge in [-0.1, -0.05) is 11.6 Å². The summed E-state index contributed by atoms with van der Waals surface area (Å²) in [7, 11) is 0. The van der Waals surface area contributed by atoms with Gasteiger partial charge in [-0.05, 0) is 57.5 Å². The first kappa shape index (κ1) is 17.4. The SMILES string of the molecule is Cc1cc(C)n(CCCNC(=O)c2cc3cc(Cl)ccc3nc2C)n1. The first-order chi connectivity index (χ1) is 11.9. The molecule has 0 fully saturated rings. The zero-order chi connectivity index (χ0) is 18.0. The van der Waals surface area contributed by atoms with Gasteiger partial charge in [0.2, 0.25) is 0 Å². The molecule has 3 aromatic rings. The number of carbonyl (C=O) groups excluding carboxylic acids is 1. The lowest BCUT2D eigenvalue weighted by Crippen LogP contribution is -2.26. The summed E-state index contributed by atoms with van der Waals surface area (Å²) in [5.74, 6) is -0.111. The number of pyridine rings is 1. The third kappa shape index (κ3) is 3.99. The van der Waals surface area contributed by atoms with Crippen molar-refractivity contribution >= 4 is 28.4 Å². The summed E-state index contributed by atoms with van der Waals surface area (Å²) in [6, 6.07) is 9.38. The van der Waals surface area contributed by atoms with Crippen molar-refractivity contribution in [1.29, 1.82) is 0 Å². The number of hydrogen-bond acceptors (Lipinski definition) is 3. The fourth-order valence-corrected chi connectivity index (χ4v) is 3.08. The third-order valence-corrected chi connectivity index (χ3v) is 4.38. The van der Waals surface area contributed by atoms with Crippen LogP contribution in [0.2, 0.25) is 5.02 Å². The van der Waals surface area contributed by atoms with Crippen LogP contribution in [0.25, 0.3) is 10.9 Å². The van der Waals surface area contributed by atoms with Crippen LogP contribution >= 0.6 is 11.6 Å². The number of rotatable bonds is 5. The van der Waals surface area contributed by atoms with Crippen molar-refractivity contribution in [2.75, 3.05) is 6.54 Å². The number of fused-ring (bicyclic) bond motifs is 1. The molecule has 0 aliphatic heterocycles. The van der Waals surface area contributed by atoms with Gasteiger partial charge in [0.15, 0.2) is 0 Å². The molecule has 0 atom stereocenters. The van der Waals surface area contributed by atoms with Gasteiger partial charge in [-0.2, -0.15) is 5.10 Å². The Morgan fingerprint density at radius 1 is 1.20 bits per heavy atom. The standard InChI is InChI=1S/C19H21ClN4O/c1-12-9-13(2)24(23-12)8-4-7-21-19(25)17-11-15-10-16(20)5-6-18(15)22-14(17)3/h5-6,9-11H,4,7-8H2,1-3H3,(H,21,25). The molecule has 6 heteroatoms. The molecule has 0 aliphatic carbocycles. The third-order valence-electron chi connectivity index (χ3n) is 4.15. The molecule has 0 saturated carbocycles. The second-order valence-electron chi connectivity index (χ2n) is 6.22. The van der Waals surface area contributed by atoms with Gasteiger partial charge >= 0.3 is 0 Å². The molecule has 0 spiro atoms. The van der Waals surface area contributed by atoms with E-state index in [-0.39, 0.29) is 5.91 Å². The average molecular weight is 357 g/mol. The van der Waals surface area contributed by atoms with Crippen LogP contribution in [-0.4, -0.2) is 27.2 Å². The number of aryl methyl sites for hydroxylation is 4. The Hall–Kier alpha value is -2.40. The highest BCUT2D eigenvalue weighted by molar-refractivity contribution is 6.31. The molecule has 0 saturated heterocycles. The molecule has 5 nitrogen and oxygen atoms in total. The molecule has 0 bridgehead atoms. The van der Waals surface area contributed by atoms with Gasteiger partial charge in [-0.3, -0.25) is 14.5 Å². The van der Waals surface area contributed by atoms with Crippen molar-refractivity contribution in [3.05, 3.63) is 58.0 Å². The number of benzene rings is 1. The average Bonchev–Trinajstić information content (AvgIpc) is 2.88. The molecule has 1 N–H and O–H groups in total. The molecule has 0 radical (unpaired) electrons. The highest BCUT2D eigenvalue weighted by Crippen LogP contribution is 2.20.